The SMILES string of the molecule is O=[N+]([O-])c1ccc(-c2cc3ccc(OCCCF)cc3s2)cc1. The number of hydrogen-bond donors (Lipinski definition) is 0. The van der Waals surface area contributed by atoms with Crippen molar-refractivity contribution in [3.63, 3.8) is 0 Å². The maximum atomic E-state index is 12.1. The van der Waals surface area contributed by atoms with Gasteiger partial charge in [0.25, 0.3) is 5.69 Å². The molecule has 118 valence electrons. The van der Waals surface area contributed by atoms with Gasteiger partial charge in [0.15, 0.2) is 0 Å². The molecule has 6 heteroatoms. The van der Waals surface area contributed by atoms with Crippen LogP contribution in [-0.2, 0) is 0 Å². The third-order valence-electron chi connectivity index (χ3n) is 3.40. The van der Waals surface area contributed by atoms with E-state index in [4.69, 9.17) is 4.74 Å². The van der Waals surface area contributed by atoms with Gasteiger partial charge in [0.1, 0.15) is 5.75 Å². The highest BCUT2D eigenvalue weighted by molar-refractivity contribution is 7.22. The first kappa shape index (κ1) is 15.4. The molecule has 0 fully saturated rings. The third kappa shape index (κ3) is 3.48. The van der Waals surface area contributed by atoms with Gasteiger partial charge < -0.3 is 4.74 Å². The quantitative estimate of drug-likeness (QED) is 0.354. The Morgan fingerprint density at radius 2 is 1.91 bits per heavy atom. The van der Waals surface area contributed by atoms with Crippen LogP contribution in [0.2, 0.25) is 0 Å². The van der Waals surface area contributed by atoms with Crippen molar-refractivity contribution in [1.29, 1.82) is 0 Å². The zero-order chi connectivity index (χ0) is 16.2. The van der Waals surface area contributed by atoms with E-state index in [1.165, 1.54) is 12.1 Å². The summed E-state index contributed by atoms with van der Waals surface area (Å²) >= 11 is 1.59. The van der Waals surface area contributed by atoms with E-state index in [9.17, 15) is 14.5 Å². The lowest BCUT2D eigenvalue weighted by molar-refractivity contribution is -0.384. The molecule has 0 aliphatic carbocycles. The number of ether oxygens (including phenoxy) is 1. The molecule has 0 unspecified atom stereocenters. The molecular formula is C17H14FNO3S. The van der Waals surface area contributed by atoms with Crippen LogP contribution in [0.3, 0.4) is 0 Å². The number of nitro benzene ring substituents is 1. The molecule has 0 aliphatic heterocycles. The molecule has 3 rings (SSSR count). The summed E-state index contributed by atoms with van der Waals surface area (Å²) in [5, 5.41) is 11.8. The van der Waals surface area contributed by atoms with Gasteiger partial charge >= 0.3 is 0 Å². The molecule has 23 heavy (non-hydrogen) atoms. The van der Waals surface area contributed by atoms with Crippen molar-refractivity contribution in [1.82, 2.24) is 0 Å². The van der Waals surface area contributed by atoms with Crippen LogP contribution in [0.5, 0.6) is 5.75 Å². The molecular weight excluding hydrogens is 317 g/mol. The monoisotopic (exact) mass is 331 g/mol. The summed E-state index contributed by atoms with van der Waals surface area (Å²) in [6.07, 6.45) is 0.385. The average molecular weight is 331 g/mol. The number of nitro groups is 1. The van der Waals surface area contributed by atoms with E-state index in [0.29, 0.717) is 13.0 Å². The number of alkyl halides is 1. The van der Waals surface area contributed by atoms with Crippen molar-refractivity contribution in [2.24, 2.45) is 0 Å². The summed E-state index contributed by atoms with van der Waals surface area (Å²) in [5.74, 6) is 0.725. The predicted molar refractivity (Wildman–Crippen MR) is 90.0 cm³/mol. The maximum Gasteiger partial charge on any atom is 0.269 e. The fraction of sp³-hybridized carbons (Fsp3) is 0.176. The van der Waals surface area contributed by atoms with Gasteiger partial charge in [0.2, 0.25) is 0 Å². The molecule has 0 saturated heterocycles. The van der Waals surface area contributed by atoms with Gasteiger partial charge in [-0.05, 0) is 47.3 Å². The van der Waals surface area contributed by atoms with E-state index >= 15 is 0 Å². The fourth-order valence-corrected chi connectivity index (χ4v) is 3.33. The van der Waals surface area contributed by atoms with Gasteiger partial charge in [0.05, 0.1) is 18.2 Å². The first-order valence-electron chi connectivity index (χ1n) is 7.14. The number of non-ortho nitro benzene ring substituents is 1. The van der Waals surface area contributed by atoms with Crippen LogP contribution in [0.4, 0.5) is 10.1 Å². The molecule has 1 aromatic heterocycles. The van der Waals surface area contributed by atoms with E-state index in [1.54, 1.807) is 23.5 Å². The highest BCUT2D eigenvalue weighted by Crippen LogP contribution is 2.35. The fourth-order valence-electron chi connectivity index (χ4n) is 2.24. The summed E-state index contributed by atoms with van der Waals surface area (Å²) < 4.78 is 18.7. The van der Waals surface area contributed by atoms with Crippen LogP contribution >= 0.6 is 11.3 Å². The molecule has 0 radical (unpaired) electrons. The van der Waals surface area contributed by atoms with E-state index in [0.717, 1.165) is 26.3 Å². The topological polar surface area (TPSA) is 52.4 Å². The number of hydrogen-bond acceptors (Lipinski definition) is 4. The normalized spacial score (nSPS) is 10.8. The van der Waals surface area contributed by atoms with Crippen molar-refractivity contribution >= 4 is 27.1 Å². The Hall–Kier alpha value is -2.47. The van der Waals surface area contributed by atoms with E-state index in [-0.39, 0.29) is 12.4 Å². The van der Waals surface area contributed by atoms with Gasteiger partial charge in [-0.3, -0.25) is 14.5 Å². The lowest BCUT2D eigenvalue weighted by Gasteiger charge is -2.03. The Morgan fingerprint density at radius 1 is 1.13 bits per heavy atom. The Kier molecular flexibility index (Phi) is 4.52. The molecule has 2 aromatic carbocycles. The molecule has 0 aliphatic rings. The maximum absolute atomic E-state index is 12.1. The Labute approximate surface area is 136 Å². The van der Waals surface area contributed by atoms with Crippen molar-refractivity contribution in [3.05, 3.63) is 58.6 Å². The number of halogens is 1. The number of benzene rings is 2. The minimum atomic E-state index is -0.407. The highest BCUT2D eigenvalue weighted by atomic mass is 32.1. The van der Waals surface area contributed by atoms with Crippen LogP contribution in [0.1, 0.15) is 6.42 Å². The molecule has 1 heterocycles. The summed E-state index contributed by atoms with van der Waals surface area (Å²) in [7, 11) is 0. The first-order chi connectivity index (χ1) is 11.2. The molecule has 0 saturated carbocycles. The second kappa shape index (κ2) is 6.75. The number of rotatable bonds is 6. The lowest BCUT2D eigenvalue weighted by Crippen LogP contribution is -1.97. The second-order valence-electron chi connectivity index (χ2n) is 5.01. The van der Waals surface area contributed by atoms with Gasteiger partial charge in [-0.1, -0.05) is 0 Å². The van der Waals surface area contributed by atoms with Crippen LogP contribution in [0, 0.1) is 10.1 Å². The van der Waals surface area contributed by atoms with E-state index < -0.39 is 4.92 Å². The molecule has 0 bridgehead atoms. The molecule has 3 aromatic rings. The number of fused-ring (bicyclic) bond motifs is 1. The van der Waals surface area contributed by atoms with Gasteiger partial charge in [0, 0.05) is 28.1 Å². The summed E-state index contributed by atoms with van der Waals surface area (Å²) in [6.45, 7) is -0.0197. The first-order valence-corrected chi connectivity index (χ1v) is 7.96. The lowest BCUT2D eigenvalue weighted by atomic mass is 10.1. The second-order valence-corrected chi connectivity index (χ2v) is 6.09. The van der Waals surface area contributed by atoms with Crippen molar-refractivity contribution in [2.75, 3.05) is 13.3 Å². The molecule has 4 nitrogen and oxygen atoms in total. The zero-order valence-electron chi connectivity index (χ0n) is 12.2. The molecule has 0 amide bonds. The van der Waals surface area contributed by atoms with Gasteiger partial charge in [-0.25, -0.2) is 0 Å². The van der Waals surface area contributed by atoms with Crippen molar-refractivity contribution in [3.8, 4) is 16.2 Å². The standard InChI is InChI=1S/C17H14FNO3S/c18-8-1-9-22-15-7-4-13-10-16(23-17(13)11-15)12-2-5-14(6-3-12)19(20)21/h2-7,10-11H,1,8-9H2. The number of nitrogens with zero attached hydrogens (tertiary/aromatic N) is 1. The van der Waals surface area contributed by atoms with Crippen LogP contribution < -0.4 is 4.74 Å². The summed E-state index contributed by atoms with van der Waals surface area (Å²) in [4.78, 5) is 11.3. The summed E-state index contributed by atoms with van der Waals surface area (Å²) in [5.41, 5.74) is 1.02. The van der Waals surface area contributed by atoms with Gasteiger partial charge in [-0.15, -0.1) is 11.3 Å². The Morgan fingerprint density at radius 3 is 2.61 bits per heavy atom. The van der Waals surface area contributed by atoms with Crippen LogP contribution in [0.25, 0.3) is 20.5 Å². The van der Waals surface area contributed by atoms with E-state index in [2.05, 4.69) is 0 Å². The minimum Gasteiger partial charge on any atom is -0.493 e. The van der Waals surface area contributed by atoms with E-state index in [1.807, 2.05) is 24.3 Å². The van der Waals surface area contributed by atoms with Crippen molar-refractivity contribution in [2.45, 2.75) is 6.42 Å². The highest BCUT2D eigenvalue weighted by Gasteiger charge is 2.08. The molecule has 0 N–H and O–H groups in total. The third-order valence-corrected chi connectivity index (χ3v) is 4.55. The predicted octanol–water partition coefficient (Wildman–Crippen LogP) is 5.21. The average Bonchev–Trinajstić information content (AvgIpc) is 2.98. The largest absolute Gasteiger partial charge is 0.493 e. The Bertz CT molecular complexity index is 829. The van der Waals surface area contributed by atoms with Crippen LogP contribution in [-0.4, -0.2) is 18.2 Å². The van der Waals surface area contributed by atoms with Crippen molar-refractivity contribution < 1.29 is 14.1 Å². The Balaban J connectivity index is 1.85. The molecule has 0 atom stereocenters. The zero-order valence-corrected chi connectivity index (χ0v) is 13.0. The molecule has 0 spiro atoms. The summed E-state index contributed by atoms with van der Waals surface area (Å²) in [6, 6.07) is 14.3. The smallest absolute Gasteiger partial charge is 0.269 e. The van der Waals surface area contributed by atoms with Crippen LogP contribution in [0.15, 0.2) is 48.5 Å². The number of thiophene rings is 1. The van der Waals surface area contributed by atoms with Gasteiger partial charge in [-0.2, -0.15) is 0 Å². The minimum absolute atomic E-state index is 0.0819.